The molecule has 3 aliphatic rings. The van der Waals surface area contributed by atoms with Gasteiger partial charge in [0.15, 0.2) is 0 Å². The van der Waals surface area contributed by atoms with Crippen LogP contribution in [0.5, 0.6) is 0 Å². The van der Waals surface area contributed by atoms with Gasteiger partial charge in [-0.1, -0.05) is 5.16 Å². The largest absolute Gasteiger partial charge is 0.361 e. The number of hydrogen-bond acceptors (Lipinski definition) is 5. The Morgan fingerprint density at radius 2 is 1.93 bits per heavy atom. The van der Waals surface area contributed by atoms with Crippen LogP contribution in [0.4, 0.5) is 0 Å². The van der Waals surface area contributed by atoms with E-state index in [9.17, 15) is 4.79 Å². The van der Waals surface area contributed by atoms with Crippen LogP contribution in [-0.2, 0) is 25.9 Å². The van der Waals surface area contributed by atoms with Crippen LogP contribution in [0.25, 0.3) is 0 Å². The zero-order valence-corrected chi connectivity index (χ0v) is 15.9. The Bertz CT molecular complexity index is 859. The van der Waals surface area contributed by atoms with E-state index in [1.807, 2.05) is 0 Å². The van der Waals surface area contributed by atoms with Gasteiger partial charge < -0.3 is 4.52 Å². The van der Waals surface area contributed by atoms with E-state index in [0.29, 0.717) is 11.8 Å². The Balaban J connectivity index is 1.16. The molecule has 2 aromatic rings. The molecule has 2 aromatic heterocycles. The van der Waals surface area contributed by atoms with E-state index < -0.39 is 0 Å². The van der Waals surface area contributed by atoms with Gasteiger partial charge in [-0.2, -0.15) is 0 Å². The van der Waals surface area contributed by atoms with Crippen molar-refractivity contribution in [1.82, 2.24) is 19.6 Å². The van der Waals surface area contributed by atoms with E-state index >= 15 is 0 Å². The summed E-state index contributed by atoms with van der Waals surface area (Å²) in [5.41, 5.74) is 3.63. The molecule has 0 atom stereocenters. The second-order valence-electron chi connectivity index (χ2n) is 8.54. The highest BCUT2D eigenvalue weighted by molar-refractivity contribution is 5.25. The van der Waals surface area contributed by atoms with Gasteiger partial charge in [0.05, 0.1) is 12.0 Å². The molecule has 0 N–H and O–H groups in total. The molecule has 144 valence electrons. The third-order valence-corrected chi connectivity index (χ3v) is 6.46. The molecular weight excluding hydrogens is 340 g/mol. The van der Waals surface area contributed by atoms with Crippen LogP contribution < -0.4 is 5.56 Å². The van der Waals surface area contributed by atoms with Gasteiger partial charge in [-0.05, 0) is 64.0 Å². The number of rotatable bonds is 5. The molecular formula is C21H28N4O2. The van der Waals surface area contributed by atoms with Crippen LogP contribution in [-0.4, -0.2) is 32.7 Å². The molecule has 0 unspecified atom stereocenters. The van der Waals surface area contributed by atoms with E-state index in [-0.39, 0.29) is 5.56 Å². The van der Waals surface area contributed by atoms with Crippen molar-refractivity contribution in [3.8, 4) is 0 Å². The number of aryl methyl sites for hydroxylation is 1. The van der Waals surface area contributed by atoms with Gasteiger partial charge in [-0.15, -0.1) is 0 Å². The van der Waals surface area contributed by atoms with Crippen LogP contribution in [0.2, 0.25) is 0 Å². The summed E-state index contributed by atoms with van der Waals surface area (Å²) >= 11 is 0. The molecule has 6 heteroatoms. The highest BCUT2D eigenvalue weighted by Gasteiger charge is 2.27. The van der Waals surface area contributed by atoms with Crippen molar-refractivity contribution in [2.45, 2.75) is 70.4 Å². The second kappa shape index (κ2) is 7.23. The van der Waals surface area contributed by atoms with Gasteiger partial charge >= 0.3 is 0 Å². The number of piperidine rings is 1. The predicted octanol–water partition coefficient (Wildman–Crippen LogP) is 2.90. The number of nitrogens with zero attached hydrogens (tertiary/aromatic N) is 4. The molecule has 6 nitrogen and oxygen atoms in total. The second-order valence-corrected chi connectivity index (χ2v) is 8.54. The fraction of sp³-hybridized carbons (Fsp3) is 0.667. The van der Waals surface area contributed by atoms with Crippen LogP contribution in [0, 0.1) is 5.92 Å². The molecule has 1 saturated heterocycles. The van der Waals surface area contributed by atoms with E-state index in [4.69, 9.17) is 4.52 Å². The van der Waals surface area contributed by atoms with E-state index in [1.165, 1.54) is 31.2 Å². The maximum atomic E-state index is 12.4. The first-order valence-electron chi connectivity index (χ1n) is 10.5. The molecule has 2 aliphatic carbocycles. The molecule has 0 aromatic carbocycles. The lowest BCUT2D eigenvalue weighted by Crippen LogP contribution is -2.36. The van der Waals surface area contributed by atoms with E-state index in [1.54, 1.807) is 17.0 Å². The number of aromatic nitrogens is 3. The standard InChI is InChI=1S/C21H28N4O2/c26-21-11-18(16-5-6-16)22-14-25(21)12-15-7-9-24(10-8-15)13-19-17-3-1-2-4-20(17)27-23-19/h11,14-16H,1-10,12-13H2. The molecule has 27 heavy (non-hydrogen) atoms. The number of likely N-dealkylation sites (tertiary alicyclic amines) is 1. The molecule has 0 spiro atoms. The first-order chi connectivity index (χ1) is 13.3. The van der Waals surface area contributed by atoms with Gasteiger partial charge in [0.1, 0.15) is 11.5 Å². The minimum atomic E-state index is 0.114. The SMILES string of the molecule is O=c1cc(C2CC2)ncn1CC1CCN(Cc2noc3c2CCCC3)CC1. The normalized spacial score (nSPS) is 21.3. The Labute approximate surface area is 159 Å². The van der Waals surface area contributed by atoms with Crippen molar-refractivity contribution in [3.05, 3.63) is 45.5 Å². The summed E-state index contributed by atoms with van der Waals surface area (Å²) < 4.78 is 7.36. The quantitative estimate of drug-likeness (QED) is 0.812. The van der Waals surface area contributed by atoms with Gasteiger partial charge in [-0.3, -0.25) is 14.3 Å². The summed E-state index contributed by atoms with van der Waals surface area (Å²) in [5, 5.41) is 4.35. The monoisotopic (exact) mass is 368 g/mol. The average molecular weight is 368 g/mol. The van der Waals surface area contributed by atoms with Gasteiger partial charge in [0, 0.05) is 37.1 Å². The third kappa shape index (κ3) is 3.72. The molecule has 1 aliphatic heterocycles. The van der Waals surface area contributed by atoms with Crippen molar-refractivity contribution >= 4 is 0 Å². The molecule has 2 fully saturated rings. The van der Waals surface area contributed by atoms with E-state index in [2.05, 4.69) is 15.0 Å². The summed E-state index contributed by atoms with van der Waals surface area (Å²) in [6.45, 7) is 3.83. The Morgan fingerprint density at radius 1 is 1.11 bits per heavy atom. The summed E-state index contributed by atoms with van der Waals surface area (Å²) in [5.74, 6) is 2.21. The maximum Gasteiger partial charge on any atom is 0.253 e. The van der Waals surface area contributed by atoms with Crippen LogP contribution in [0.1, 0.15) is 67.2 Å². The topological polar surface area (TPSA) is 64.2 Å². The fourth-order valence-corrected chi connectivity index (χ4v) is 4.57. The lowest BCUT2D eigenvalue weighted by molar-refractivity contribution is 0.162. The summed E-state index contributed by atoms with van der Waals surface area (Å²) in [6, 6.07) is 1.75. The predicted molar refractivity (Wildman–Crippen MR) is 102 cm³/mol. The van der Waals surface area contributed by atoms with Crippen molar-refractivity contribution in [3.63, 3.8) is 0 Å². The molecule has 1 saturated carbocycles. The lowest BCUT2D eigenvalue weighted by atomic mass is 9.94. The minimum Gasteiger partial charge on any atom is -0.361 e. The first-order valence-corrected chi connectivity index (χ1v) is 10.5. The smallest absolute Gasteiger partial charge is 0.253 e. The third-order valence-electron chi connectivity index (χ3n) is 6.46. The van der Waals surface area contributed by atoms with Crippen LogP contribution in [0.15, 0.2) is 21.7 Å². The first kappa shape index (κ1) is 17.2. The average Bonchev–Trinajstić information content (AvgIpc) is 3.47. The molecule has 0 amide bonds. The van der Waals surface area contributed by atoms with Gasteiger partial charge in [0.25, 0.3) is 5.56 Å². The van der Waals surface area contributed by atoms with E-state index in [0.717, 1.165) is 69.0 Å². The molecule has 3 heterocycles. The van der Waals surface area contributed by atoms with Crippen LogP contribution >= 0.6 is 0 Å². The Morgan fingerprint density at radius 3 is 2.70 bits per heavy atom. The minimum absolute atomic E-state index is 0.114. The number of hydrogen-bond donors (Lipinski definition) is 0. The Kier molecular flexibility index (Phi) is 4.60. The molecule has 0 radical (unpaired) electrons. The van der Waals surface area contributed by atoms with Crippen molar-refractivity contribution in [1.29, 1.82) is 0 Å². The van der Waals surface area contributed by atoms with Crippen molar-refractivity contribution in [2.75, 3.05) is 13.1 Å². The highest BCUT2D eigenvalue weighted by atomic mass is 16.5. The number of fused-ring (bicyclic) bond motifs is 1. The lowest BCUT2D eigenvalue weighted by Gasteiger charge is -2.31. The van der Waals surface area contributed by atoms with Gasteiger partial charge in [-0.25, -0.2) is 4.98 Å². The zero-order chi connectivity index (χ0) is 18.2. The summed E-state index contributed by atoms with van der Waals surface area (Å²) in [6.07, 6.45) is 11.0. The van der Waals surface area contributed by atoms with Crippen LogP contribution in [0.3, 0.4) is 0 Å². The summed E-state index contributed by atoms with van der Waals surface area (Å²) in [7, 11) is 0. The van der Waals surface area contributed by atoms with Gasteiger partial charge in [0.2, 0.25) is 0 Å². The molecule has 5 rings (SSSR count). The zero-order valence-electron chi connectivity index (χ0n) is 15.9. The Hall–Kier alpha value is -1.95. The maximum absolute atomic E-state index is 12.4. The molecule has 0 bridgehead atoms. The fourth-order valence-electron chi connectivity index (χ4n) is 4.57. The highest BCUT2D eigenvalue weighted by Crippen LogP contribution is 2.38. The van der Waals surface area contributed by atoms with Crippen molar-refractivity contribution < 1.29 is 4.52 Å². The van der Waals surface area contributed by atoms with Crippen molar-refractivity contribution in [2.24, 2.45) is 5.92 Å². The summed E-state index contributed by atoms with van der Waals surface area (Å²) in [4.78, 5) is 19.3.